The van der Waals surface area contributed by atoms with Crippen molar-refractivity contribution in [1.29, 1.82) is 0 Å². The van der Waals surface area contributed by atoms with Gasteiger partial charge in [-0.2, -0.15) is 0 Å². The van der Waals surface area contributed by atoms with E-state index >= 15 is 0 Å². The summed E-state index contributed by atoms with van der Waals surface area (Å²) in [6, 6.07) is 14.8. The summed E-state index contributed by atoms with van der Waals surface area (Å²) in [7, 11) is 0. The highest BCUT2D eigenvalue weighted by atomic mass is 16.5. The van der Waals surface area contributed by atoms with Crippen LogP contribution in [0.5, 0.6) is 5.88 Å². The molecule has 3 fully saturated rings. The fourth-order valence-corrected chi connectivity index (χ4v) is 5.25. The van der Waals surface area contributed by atoms with E-state index in [4.69, 9.17) is 14.2 Å². The third kappa shape index (κ3) is 4.84. The second kappa shape index (κ2) is 9.31. The molecule has 0 bridgehead atoms. The summed E-state index contributed by atoms with van der Waals surface area (Å²) in [5.41, 5.74) is 1.93. The first-order valence-electron chi connectivity index (χ1n) is 12.4. The Morgan fingerprint density at radius 2 is 1.88 bits per heavy atom. The number of fused-ring (bicyclic) bond motifs is 2. The molecule has 2 atom stereocenters. The van der Waals surface area contributed by atoms with Crippen molar-refractivity contribution in [2.45, 2.75) is 38.3 Å². The molecule has 2 saturated heterocycles. The third-order valence-corrected chi connectivity index (χ3v) is 7.35. The van der Waals surface area contributed by atoms with Crippen LogP contribution >= 0.6 is 0 Å². The van der Waals surface area contributed by atoms with Crippen LogP contribution < -0.4 is 15.0 Å². The number of nitrogens with zero attached hydrogens (tertiary/aromatic N) is 4. The summed E-state index contributed by atoms with van der Waals surface area (Å²) in [6.07, 6.45) is 5.13. The lowest BCUT2D eigenvalue weighted by Crippen LogP contribution is -2.57. The molecule has 2 aliphatic heterocycles. The van der Waals surface area contributed by atoms with E-state index in [1.807, 2.05) is 18.2 Å². The number of piperazine rings is 1. The van der Waals surface area contributed by atoms with Crippen LogP contribution in [0.2, 0.25) is 0 Å². The molecule has 2 aromatic heterocycles. The normalized spacial score (nSPS) is 23.6. The summed E-state index contributed by atoms with van der Waals surface area (Å²) < 4.78 is 11.7. The molecule has 174 valence electrons. The van der Waals surface area contributed by atoms with Crippen molar-refractivity contribution in [3.63, 3.8) is 0 Å². The SMILES string of the molecule is c1cc(CNCC2CC2)nc(OC[C@@H]2CC[C@@H]3CN(c4noc5ccccc45)CCN3C2)c1. The lowest BCUT2D eigenvalue weighted by Gasteiger charge is -2.46. The van der Waals surface area contributed by atoms with Gasteiger partial charge in [-0.05, 0) is 56.3 Å². The molecule has 1 aromatic carbocycles. The fraction of sp³-hybridized carbons (Fsp3) is 0.538. The zero-order valence-corrected chi connectivity index (χ0v) is 19.2. The minimum absolute atomic E-state index is 0.555. The maximum Gasteiger partial charge on any atom is 0.213 e. The maximum absolute atomic E-state index is 6.14. The molecule has 3 aromatic rings. The molecular weight excluding hydrogens is 414 g/mol. The molecule has 3 aliphatic rings. The molecule has 7 nitrogen and oxygen atoms in total. The zero-order chi connectivity index (χ0) is 22.0. The lowest BCUT2D eigenvalue weighted by molar-refractivity contribution is 0.0716. The Bertz CT molecular complexity index is 1080. The number of hydrogen-bond donors (Lipinski definition) is 1. The smallest absolute Gasteiger partial charge is 0.213 e. The van der Waals surface area contributed by atoms with Crippen LogP contribution in [0.15, 0.2) is 47.0 Å². The largest absolute Gasteiger partial charge is 0.477 e. The molecule has 1 aliphatic carbocycles. The van der Waals surface area contributed by atoms with Crippen LogP contribution in [-0.4, -0.2) is 60.4 Å². The van der Waals surface area contributed by atoms with Gasteiger partial charge in [0.05, 0.1) is 17.7 Å². The number of pyridine rings is 1. The Balaban J connectivity index is 0.999. The van der Waals surface area contributed by atoms with Gasteiger partial charge < -0.3 is 19.5 Å². The van der Waals surface area contributed by atoms with Gasteiger partial charge in [0.2, 0.25) is 5.88 Å². The van der Waals surface area contributed by atoms with Crippen LogP contribution in [0, 0.1) is 11.8 Å². The van der Waals surface area contributed by atoms with Gasteiger partial charge in [0, 0.05) is 50.7 Å². The van der Waals surface area contributed by atoms with E-state index in [0.717, 1.165) is 80.2 Å². The molecule has 1 N–H and O–H groups in total. The van der Waals surface area contributed by atoms with E-state index in [9.17, 15) is 0 Å². The molecule has 7 heteroatoms. The standard InChI is InChI=1S/C26H33N5O2/c1-2-6-24-23(5-1)26(29-33-24)31-13-12-30-16-20(10-11-22(30)17-31)18-32-25-7-3-4-21(28-25)15-27-14-19-8-9-19/h1-7,19-20,22,27H,8-18H2/t20-,22-/m1/s1. The first-order valence-corrected chi connectivity index (χ1v) is 12.4. The maximum atomic E-state index is 6.14. The van der Waals surface area contributed by atoms with Crippen LogP contribution in [-0.2, 0) is 6.54 Å². The Morgan fingerprint density at radius 3 is 2.82 bits per heavy atom. The van der Waals surface area contributed by atoms with E-state index in [1.165, 1.54) is 25.7 Å². The van der Waals surface area contributed by atoms with Crippen molar-refractivity contribution in [3.05, 3.63) is 48.2 Å². The van der Waals surface area contributed by atoms with Gasteiger partial charge in [0.25, 0.3) is 0 Å². The first-order chi connectivity index (χ1) is 16.3. The van der Waals surface area contributed by atoms with Gasteiger partial charge >= 0.3 is 0 Å². The van der Waals surface area contributed by atoms with Crippen LogP contribution in [0.4, 0.5) is 5.82 Å². The average molecular weight is 448 g/mol. The number of rotatable bonds is 8. The van der Waals surface area contributed by atoms with Gasteiger partial charge in [0.15, 0.2) is 11.4 Å². The van der Waals surface area contributed by atoms with Crippen molar-refractivity contribution in [1.82, 2.24) is 20.4 Å². The molecular formula is C26H33N5O2. The van der Waals surface area contributed by atoms with E-state index in [-0.39, 0.29) is 0 Å². The van der Waals surface area contributed by atoms with Crippen molar-refractivity contribution in [3.8, 4) is 5.88 Å². The summed E-state index contributed by atoms with van der Waals surface area (Å²) >= 11 is 0. The van der Waals surface area contributed by atoms with Crippen LogP contribution in [0.1, 0.15) is 31.4 Å². The molecule has 33 heavy (non-hydrogen) atoms. The quantitative estimate of drug-likeness (QED) is 0.565. The number of piperidine rings is 1. The number of para-hydroxylation sites is 1. The molecule has 0 radical (unpaired) electrons. The number of ether oxygens (including phenoxy) is 1. The Hall–Kier alpha value is -2.64. The highest BCUT2D eigenvalue weighted by Gasteiger charge is 2.34. The van der Waals surface area contributed by atoms with Crippen molar-refractivity contribution >= 4 is 16.8 Å². The van der Waals surface area contributed by atoms with Gasteiger partial charge in [-0.1, -0.05) is 23.4 Å². The molecule has 4 heterocycles. The van der Waals surface area contributed by atoms with Gasteiger partial charge in [-0.15, -0.1) is 0 Å². The van der Waals surface area contributed by atoms with Crippen molar-refractivity contribution in [2.24, 2.45) is 11.8 Å². The van der Waals surface area contributed by atoms with Crippen molar-refractivity contribution < 1.29 is 9.26 Å². The number of nitrogens with one attached hydrogen (secondary N) is 1. The molecule has 6 rings (SSSR count). The zero-order valence-electron chi connectivity index (χ0n) is 19.2. The Labute approximate surface area is 195 Å². The number of anilines is 1. The van der Waals surface area contributed by atoms with Gasteiger partial charge in [-0.3, -0.25) is 4.90 Å². The highest BCUT2D eigenvalue weighted by molar-refractivity contribution is 5.88. The summed E-state index contributed by atoms with van der Waals surface area (Å²) in [5, 5.41) is 9.00. The van der Waals surface area contributed by atoms with E-state index in [0.29, 0.717) is 12.0 Å². The second-order valence-electron chi connectivity index (χ2n) is 9.89. The predicted molar refractivity (Wildman–Crippen MR) is 128 cm³/mol. The van der Waals surface area contributed by atoms with E-state index in [1.54, 1.807) is 0 Å². The summed E-state index contributed by atoms with van der Waals surface area (Å²) in [5.74, 6) is 3.19. The molecule has 0 unspecified atom stereocenters. The molecule has 0 spiro atoms. The number of benzene rings is 1. The summed E-state index contributed by atoms with van der Waals surface area (Å²) in [4.78, 5) is 9.74. The van der Waals surface area contributed by atoms with E-state index in [2.05, 4.69) is 44.5 Å². The molecule has 1 saturated carbocycles. The summed E-state index contributed by atoms with van der Waals surface area (Å²) in [6.45, 7) is 6.83. The van der Waals surface area contributed by atoms with Crippen molar-refractivity contribution in [2.75, 3.05) is 44.2 Å². The number of hydrogen-bond acceptors (Lipinski definition) is 7. The number of aromatic nitrogens is 2. The minimum atomic E-state index is 0.555. The fourth-order valence-electron chi connectivity index (χ4n) is 5.25. The van der Waals surface area contributed by atoms with Gasteiger partial charge in [0.1, 0.15) is 0 Å². The minimum Gasteiger partial charge on any atom is -0.477 e. The Kier molecular flexibility index (Phi) is 5.91. The monoisotopic (exact) mass is 447 g/mol. The van der Waals surface area contributed by atoms with Gasteiger partial charge in [-0.25, -0.2) is 4.98 Å². The van der Waals surface area contributed by atoms with Crippen LogP contribution in [0.3, 0.4) is 0 Å². The Morgan fingerprint density at radius 1 is 0.970 bits per heavy atom. The topological polar surface area (TPSA) is 66.7 Å². The average Bonchev–Trinajstić information content (AvgIpc) is 3.58. The predicted octanol–water partition coefficient (Wildman–Crippen LogP) is 3.70. The lowest BCUT2D eigenvalue weighted by atomic mass is 9.91. The molecule has 0 amide bonds. The van der Waals surface area contributed by atoms with Crippen LogP contribution in [0.25, 0.3) is 11.0 Å². The van der Waals surface area contributed by atoms with E-state index < -0.39 is 0 Å². The first kappa shape index (κ1) is 20.9. The highest BCUT2D eigenvalue weighted by Crippen LogP contribution is 2.31. The third-order valence-electron chi connectivity index (χ3n) is 7.35. The second-order valence-corrected chi connectivity index (χ2v) is 9.89.